The van der Waals surface area contributed by atoms with Crippen molar-refractivity contribution in [1.82, 2.24) is 0 Å². The van der Waals surface area contributed by atoms with E-state index in [1.165, 1.54) is 50.6 Å². The van der Waals surface area contributed by atoms with E-state index in [0.717, 1.165) is 57.9 Å². The third-order valence-electron chi connectivity index (χ3n) is 13.0. The van der Waals surface area contributed by atoms with Gasteiger partial charge in [-0.2, -0.15) is 8.42 Å². The molecule has 472 valence electrons. The molecule has 6 atom stereocenters. The maximum atomic E-state index is 13.8. The normalized spacial score (nSPS) is 13.2. The van der Waals surface area contributed by atoms with Crippen LogP contribution >= 0.6 is 34.8 Å². The quantitative estimate of drug-likeness (QED) is 0.0139. The van der Waals surface area contributed by atoms with E-state index in [4.69, 9.17) is 77.1 Å². The molecule has 24 heteroatoms. The van der Waals surface area contributed by atoms with Crippen molar-refractivity contribution in [3.63, 3.8) is 0 Å². The molecule has 0 amide bonds. The summed E-state index contributed by atoms with van der Waals surface area (Å²) < 4.78 is 66.8. The molecule has 0 aliphatic heterocycles. The number of hydrogen-bond donors (Lipinski definition) is 1. The second-order valence-electron chi connectivity index (χ2n) is 20.1. The van der Waals surface area contributed by atoms with Crippen molar-refractivity contribution < 1.29 is 84.6 Å². The summed E-state index contributed by atoms with van der Waals surface area (Å²) in [5.74, 6) is -4.95. The van der Waals surface area contributed by atoms with Crippen LogP contribution in [0.1, 0.15) is 95.5 Å². The van der Waals surface area contributed by atoms with Gasteiger partial charge in [0.25, 0.3) is 10.1 Å². The van der Waals surface area contributed by atoms with Crippen molar-refractivity contribution in [2.24, 2.45) is 10.3 Å². The Bertz CT molecular complexity index is 3780. The summed E-state index contributed by atoms with van der Waals surface area (Å²) in [4.78, 5) is 87.5. The van der Waals surface area contributed by atoms with Crippen LogP contribution in [-0.2, 0) is 52.4 Å². The van der Waals surface area contributed by atoms with Gasteiger partial charge >= 0.3 is 35.8 Å². The van der Waals surface area contributed by atoms with Gasteiger partial charge in [-0.3, -0.25) is 4.18 Å². The Labute approximate surface area is 535 Å². The van der Waals surface area contributed by atoms with Gasteiger partial charge in [0.15, 0.2) is 30.5 Å². The van der Waals surface area contributed by atoms with E-state index >= 15 is 0 Å². The summed E-state index contributed by atoms with van der Waals surface area (Å²) in [5, 5.41) is 17.9. The minimum absolute atomic E-state index is 0.0343. The smallest absolute Gasteiger partial charge is 0.338 e. The Morgan fingerprint density at radius 3 is 1.06 bits per heavy atom. The molecular weight excluding hydrogens is 1250 g/mol. The molecule has 0 radical (unpaired) electrons. The van der Waals surface area contributed by atoms with Gasteiger partial charge in [0.05, 0.1) is 60.9 Å². The van der Waals surface area contributed by atoms with Crippen molar-refractivity contribution in [2.75, 3.05) is 27.4 Å². The second-order valence-corrected chi connectivity index (χ2v) is 22.9. The first-order chi connectivity index (χ1) is 42.8. The van der Waals surface area contributed by atoms with Crippen LogP contribution in [0.5, 0.6) is 0 Å². The van der Waals surface area contributed by atoms with Crippen molar-refractivity contribution in [3.05, 3.63) is 240 Å². The molecule has 7 rings (SSSR count). The molecule has 20 nitrogen and oxygen atoms in total. The van der Waals surface area contributed by atoms with Crippen LogP contribution < -0.4 is 0 Å². The predicted octanol–water partition coefficient (Wildman–Crippen LogP) is 11.8. The largest absolute Gasteiger partial charge is 0.459 e. The topological polar surface area (TPSA) is 265 Å². The highest BCUT2D eigenvalue weighted by Gasteiger charge is 2.42. The molecule has 0 heterocycles. The summed E-state index contributed by atoms with van der Waals surface area (Å²) in [6.45, 7) is 9.67. The molecule has 0 unspecified atom stereocenters. The zero-order valence-corrected chi connectivity index (χ0v) is 53.0. The lowest BCUT2D eigenvalue weighted by atomic mass is 10.1. The van der Waals surface area contributed by atoms with E-state index in [2.05, 4.69) is 10.3 Å². The van der Waals surface area contributed by atoms with Crippen molar-refractivity contribution >= 4 is 93.2 Å². The highest BCUT2D eigenvalue weighted by atomic mass is 35.5. The fraction of sp³-hybridized carbons (Fsp3) is 0.242. The number of hydrogen-bond acceptors (Lipinski definition) is 20. The SMILES string of the molecule is CO/N=C/[C@@H](OC(=O)c1ccc(C)cc1)[C@@H](OC(=O)c1ccc(C)cc1)[C@@H](O)COC(=O)c1ccc(C)cc1.CO/N=C/[C@@H](OC(=O)c1ccc(C)cc1)[C@@H](OC(=O)c1ccc(C)cc1)[C@H](COC(=O)c1ccc(C)cc1)OS(=O)(=O)c1cc(Cl)c(Cl)cc1Cl. The average molecular weight is 1310 g/mol. The van der Waals surface area contributed by atoms with Crippen LogP contribution in [0, 0.1) is 41.5 Å². The van der Waals surface area contributed by atoms with Gasteiger partial charge in [0.1, 0.15) is 38.4 Å². The fourth-order valence-corrected chi connectivity index (χ4v) is 9.95. The minimum atomic E-state index is -4.91. The molecule has 0 aliphatic carbocycles. The lowest BCUT2D eigenvalue weighted by molar-refractivity contribution is -0.0784. The van der Waals surface area contributed by atoms with Gasteiger partial charge < -0.3 is 43.2 Å². The van der Waals surface area contributed by atoms with E-state index in [9.17, 15) is 42.3 Å². The highest BCUT2D eigenvalue weighted by Crippen LogP contribution is 2.34. The van der Waals surface area contributed by atoms with E-state index < -0.39 is 101 Å². The van der Waals surface area contributed by atoms with E-state index in [0.29, 0.717) is 0 Å². The predicted molar refractivity (Wildman–Crippen MR) is 335 cm³/mol. The Kier molecular flexibility index (Phi) is 26.2. The van der Waals surface area contributed by atoms with E-state index in [-0.39, 0.29) is 48.4 Å². The second kappa shape index (κ2) is 33.6. The zero-order chi connectivity index (χ0) is 65.7. The van der Waals surface area contributed by atoms with Crippen molar-refractivity contribution in [1.29, 1.82) is 0 Å². The highest BCUT2D eigenvalue weighted by molar-refractivity contribution is 7.87. The molecule has 7 aromatic carbocycles. The number of nitrogens with zero attached hydrogens (tertiary/aromatic N) is 2. The molecule has 7 aromatic rings. The van der Waals surface area contributed by atoms with Crippen LogP contribution in [0.4, 0.5) is 0 Å². The summed E-state index contributed by atoms with van der Waals surface area (Å²) >= 11 is 18.4. The molecule has 0 spiro atoms. The maximum absolute atomic E-state index is 13.8. The number of oxime groups is 2. The number of ether oxygens (including phenoxy) is 6. The molecule has 0 saturated carbocycles. The molecule has 0 fully saturated rings. The molecular formula is C66H63Cl3N2O18S. The van der Waals surface area contributed by atoms with Gasteiger partial charge in [-0.05, 0) is 126 Å². The van der Waals surface area contributed by atoms with Gasteiger partial charge in [0, 0.05) is 0 Å². The zero-order valence-electron chi connectivity index (χ0n) is 49.9. The number of aryl methyl sites for hydroxylation is 6. The monoisotopic (exact) mass is 1310 g/mol. The first-order valence-electron chi connectivity index (χ1n) is 27.3. The van der Waals surface area contributed by atoms with E-state index in [1.807, 2.05) is 41.5 Å². The average Bonchev–Trinajstić information content (AvgIpc) is 1.68. The van der Waals surface area contributed by atoms with Crippen molar-refractivity contribution in [2.45, 2.75) is 83.1 Å². The Balaban J connectivity index is 0.000000297. The third kappa shape index (κ3) is 20.8. The number of rotatable bonds is 25. The number of benzene rings is 7. The number of aliphatic hydroxyl groups excluding tert-OH is 1. The van der Waals surface area contributed by atoms with Crippen LogP contribution in [0.15, 0.2) is 173 Å². The first-order valence-corrected chi connectivity index (χ1v) is 29.9. The lowest BCUT2D eigenvalue weighted by Crippen LogP contribution is -2.48. The molecule has 0 saturated heterocycles. The molecule has 0 aromatic heterocycles. The van der Waals surface area contributed by atoms with Gasteiger partial charge in [-0.25, -0.2) is 28.8 Å². The minimum Gasteiger partial charge on any atom is -0.459 e. The lowest BCUT2D eigenvalue weighted by Gasteiger charge is -2.30. The van der Waals surface area contributed by atoms with Crippen LogP contribution in [-0.4, -0.2) is 126 Å². The van der Waals surface area contributed by atoms with Gasteiger partial charge in [0.2, 0.25) is 0 Å². The summed E-state index contributed by atoms with van der Waals surface area (Å²) in [5.41, 5.74) is 6.45. The number of esters is 6. The van der Waals surface area contributed by atoms with Gasteiger partial charge in [-0.1, -0.05) is 151 Å². The summed E-state index contributed by atoms with van der Waals surface area (Å²) in [6.07, 6.45) is -7.86. The van der Waals surface area contributed by atoms with Crippen LogP contribution in [0.2, 0.25) is 15.1 Å². The summed E-state index contributed by atoms with van der Waals surface area (Å²) in [6, 6.07) is 41.0. The van der Waals surface area contributed by atoms with Gasteiger partial charge in [-0.15, -0.1) is 0 Å². The van der Waals surface area contributed by atoms with Crippen LogP contribution in [0.25, 0.3) is 0 Å². The van der Waals surface area contributed by atoms with E-state index in [1.54, 1.807) is 109 Å². The molecule has 0 bridgehead atoms. The number of carbonyl (C=O) groups is 6. The first kappa shape index (κ1) is 70.1. The molecule has 0 aliphatic rings. The van der Waals surface area contributed by atoms with Crippen LogP contribution in [0.3, 0.4) is 0 Å². The molecule has 90 heavy (non-hydrogen) atoms. The number of carbonyl (C=O) groups excluding carboxylic acids is 6. The number of aliphatic hydroxyl groups is 1. The fourth-order valence-electron chi connectivity index (χ4n) is 7.90. The molecule has 1 N–H and O–H groups in total. The Morgan fingerprint density at radius 2 is 0.711 bits per heavy atom. The summed E-state index contributed by atoms with van der Waals surface area (Å²) in [7, 11) is -2.43. The Hall–Kier alpha value is -8.96. The third-order valence-corrected chi connectivity index (χ3v) is 15.5. The maximum Gasteiger partial charge on any atom is 0.338 e. The number of halogens is 3. The van der Waals surface area contributed by atoms with Crippen molar-refractivity contribution in [3.8, 4) is 0 Å². The standard InChI is InChI=1S/C36H32Cl3NO10S.C30H31NO8/c1-21-5-11-24(12-6-21)34(41)47-20-31(50-51(44,45)32-18-28(38)27(37)17-29(32)39)33(49-36(43)26-15-9-23(3)10-16-26)30(19-40-46-4)48-35(42)25-13-7-22(2)8-14-25;1-19-5-11-22(12-6-19)28(33)37-18-25(32)27(39-30(35)24-15-9-21(3)10-16-24)26(17-31-36-4)38-29(34)23-13-7-20(2)8-14-23/h5-19,30-31,33H,20H2,1-4H3;5-17,25-27,32H,18H2,1-4H3/b40-19+;31-17+/t30-,31+,33-;25-,26+,27-/m10/s1. The Morgan fingerprint density at radius 1 is 0.422 bits per heavy atom.